The van der Waals surface area contributed by atoms with Gasteiger partial charge in [0.1, 0.15) is 19.3 Å². The first kappa shape index (κ1) is 17.8. The second-order valence-electron chi connectivity index (χ2n) is 5.81. The summed E-state index contributed by atoms with van der Waals surface area (Å²) < 4.78 is 45.7. The molecular weight excluding hydrogens is 351 g/mol. The van der Waals surface area contributed by atoms with E-state index in [4.69, 9.17) is 4.74 Å². The van der Waals surface area contributed by atoms with E-state index in [2.05, 4.69) is 5.43 Å². The molecular formula is C17H16F3N3O3. The van der Waals surface area contributed by atoms with Gasteiger partial charge in [-0.2, -0.15) is 13.2 Å². The van der Waals surface area contributed by atoms with E-state index in [-0.39, 0.29) is 24.7 Å². The number of hydrogen-bond acceptors (Lipinski definition) is 4. The lowest BCUT2D eigenvalue weighted by Crippen LogP contribution is -2.54. The van der Waals surface area contributed by atoms with E-state index in [1.54, 1.807) is 24.3 Å². The van der Waals surface area contributed by atoms with Crippen LogP contribution in [0, 0.1) is 0 Å². The number of rotatable bonds is 4. The van der Waals surface area contributed by atoms with Crippen molar-refractivity contribution < 1.29 is 22.7 Å². The van der Waals surface area contributed by atoms with Crippen molar-refractivity contribution in [1.82, 2.24) is 9.58 Å². The number of carbonyl (C=O) groups is 1. The number of hydrogen-bond donors (Lipinski definition) is 1. The van der Waals surface area contributed by atoms with Crippen LogP contribution in [-0.4, -0.2) is 34.4 Å². The summed E-state index contributed by atoms with van der Waals surface area (Å²) in [6.07, 6.45) is -3.29. The Morgan fingerprint density at radius 2 is 1.88 bits per heavy atom. The third-order valence-corrected chi connectivity index (χ3v) is 4.10. The fourth-order valence-corrected chi connectivity index (χ4v) is 2.57. The number of fused-ring (bicyclic) bond motifs is 1. The van der Waals surface area contributed by atoms with Crippen LogP contribution < -0.4 is 15.6 Å². The summed E-state index contributed by atoms with van der Waals surface area (Å²) in [5.74, 6) is -1.21. The molecule has 0 spiro atoms. The standard InChI is InChI=1S/C17H16F3N3O3/c1-11(17(18,19)20)22-10-21-23-8-7-13(24)15(14(23)16(22)25)26-9-12-5-3-2-4-6-12/h2-8,11,21H,9-10H2,1H3/t11-/m1/s1. The van der Waals surface area contributed by atoms with Gasteiger partial charge in [0, 0.05) is 12.3 Å². The Labute approximate surface area is 146 Å². The van der Waals surface area contributed by atoms with Gasteiger partial charge in [-0.05, 0) is 12.5 Å². The molecule has 1 N–H and O–H groups in total. The monoisotopic (exact) mass is 367 g/mol. The molecule has 0 bridgehead atoms. The number of benzene rings is 1. The smallest absolute Gasteiger partial charge is 0.408 e. The zero-order valence-electron chi connectivity index (χ0n) is 13.8. The van der Waals surface area contributed by atoms with E-state index in [0.29, 0.717) is 4.90 Å². The first-order valence-corrected chi connectivity index (χ1v) is 7.83. The highest BCUT2D eigenvalue weighted by Gasteiger charge is 2.44. The molecule has 1 aromatic heterocycles. The van der Waals surface area contributed by atoms with Gasteiger partial charge in [-0.3, -0.25) is 14.3 Å². The zero-order valence-corrected chi connectivity index (χ0v) is 13.8. The molecule has 9 heteroatoms. The van der Waals surface area contributed by atoms with Crippen LogP contribution in [0.15, 0.2) is 47.4 Å². The number of amides is 1. The summed E-state index contributed by atoms with van der Waals surface area (Å²) in [5.41, 5.74) is 2.59. The molecule has 0 aliphatic carbocycles. The van der Waals surface area contributed by atoms with Crippen molar-refractivity contribution in [1.29, 1.82) is 0 Å². The highest BCUT2D eigenvalue weighted by atomic mass is 19.4. The molecule has 3 rings (SSSR count). The molecule has 2 aromatic rings. The number of nitrogens with one attached hydrogen (secondary N) is 1. The summed E-state index contributed by atoms with van der Waals surface area (Å²) in [6, 6.07) is 8.10. The minimum absolute atomic E-state index is 0.00912. The van der Waals surface area contributed by atoms with Gasteiger partial charge in [0.2, 0.25) is 5.43 Å². The number of carbonyl (C=O) groups excluding carboxylic acids is 1. The third kappa shape index (κ3) is 3.37. The summed E-state index contributed by atoms with van der Waals surface area (Å²) in [7, 11) is 0. The van der Waals surface area contributed by atoms with Crippen molar-refractivity contribution in [2.45, 2.75) is 25.7 Å². The van der Waals surface area contributed by atoms with Crippen molar-refractivity contribution in [3.05, 3.63) is 64.1 Å². The maximum atomic E-state index is 13.0. The lowest BCUT2D eigenvalue weighted by Gasteiger charge is -2.36. The highest BCUT2D eigenvalue weighted by molar-refractivity contribution is 5.96. The lowest BCUT2D eigenvalue weighted by molar-refractivity contribution is -0.172. The molecule has 138 valence electrons. The molecule has 0 fully saturated rings. The van der Waals surface area contributed by atoms with Crippen LogP contribution in [0.2, 0.25) is 0 Å². The molecule has 1 aliphatic rings. The molecule has 2 heterocycles. The van der Waals surface area contributed by atoms with Crippen LogP contribution in [0.1, 0.15) is 23.0 Å². The first-order valence-electron chi connectivity index (χ1n) is 7.83. The number of alkyl halides is 3. The minimum atomic E-state index is -4.58. The van der Waals surface area contributed by atoms with Crippen molar-refractivity contribution >= 4 is 5.91 Å². The van der Waals surface area contributed by atoms with Crippen LogP contribution in [0.4, 0.5) is 13.2 Å². The van der Waals surface area contributed by atoms with Gasteiger partial charge in [0.15, 0.2) is 11.4 Å². The van der Waals surface area contributed by atoms with Gasteiger partial charge in [-0.15, -0.1) is 0 Å². The van der Waals surface area contributed by atoms with Gasteiger partial charge < -0.3 is 15.1 Å². The molecule has 6 nitrogen and oxygen atoms in total. The molecule has 0 saturated heterocycles. The summed E-state index contributed by atoms with van der Waals surface area (Å²) in [4.78, 5) is 25.4. The van der Waals surface area contributed by atoms with Crippen LogP contribution in [-0.2, 0) is 6.61 Å². The van der Waals surface area contributed by atoms with E-state index < -0.39 is 23.6 Å². The number of pyridine rings is 1. The van der Waals surface area contributed by atoms with Gasteiger partial charge in [-0.25, -0.2) is 0 Å². The van der Waals surface area contributed by atoms with Gasteiger partial charge in [0.05, 0.1) is 0 Å². The molecule has 0 unspecified atom stereocenters. The molecule has 1 aromatic carbocycles. The summed E-state index contributed by atoms with van der Waals surface area (Å²) >= 11 is 0. The van der Waals surface area contributed by atoms with Crippen LogP contribution in [0.5, 0.6) is 5.75 Å². The highest BCUT2D eigenvalue weighted by Crippen LogP contribution is 2.28. The van der Waals surface area contributed by atoms with Crippen molar-refractivity contribution in [2.24, 2.45) is 0 Å². The second kappa shape index (κ2) is 6.74. The normalized spacial score (nSPS) is 15.2. The Morgan fingerprint density at radius 3 is 2.54 bits per heavy atom. The number of ether oxygens (including phenoxy) is 1. The molecule has 1 aliphatic heterocycles. The molecule has 0 saturated carbocycles. The van der Waals surface area contributed by atoms with E-state index in [0.717, 1.165) is 12.5 Å². The van der Waals surface area contributed by atoms with Crippen LogP contribution in [0.25, 0.3) is 0 Å². The van der Waals surface area contributed by atoms with E-state index in [9.17, 15) is 22.8 Å². The quantitative estimate of drug-likeness (QED) is 0.901. The SMILES string of the molecule is C[C@@H](N1CNn2ccc(=O)c(OCc3ccccc3)c2C1=O)C(F)(F)F. The Morgan fingerprint density at radius 1 is 1.19 bits per heavy atom. The number of halogens is 3. The van der Waals surface area contributed by atoms with E-state index in [1.807, 2.05) is 6.07 Å². The van der Waals surface area contributed by atoms with Crippen molar-refractivity contribution in [3.63, 3.8) is 0 Å². The maximum absolute atomic E-state index is 13.0. The topological polar surface area (TPSA) is 63.6 Å². The molecule has 1 amide bonds. The second-order valence-corrected chi connectivity index (χ2v) is 5.81. The Bertz CT molecular complexity index is 865. The number of nitrogens with zero attached hydrogens (tertiary/aromatic N) is 2. The predicted octanol–water partition coefficient (Wildman–Crippen LogP) is 2.33. The minimum Gasteiger partial charge on any atom is -0.482 e. The molecule has 0 radical (unpaired) electrons. The fraction of sp³-hybridized carbons (Fsp3) is 0.294. The maximum Gasteiger partial charge on any atom is 0.408 e. The molecule has 26 heavy (non-hydrogen) atoms. The van der Waals surface area contributed by atoms with Gasteiger partial charge in [0.25, 0.3) is 5.91 Å². The van der Waals surface area contributed by atoms with E-state index >= 15 is 0 Å². The van der Waals surface area contributed by atoms with Gasteiger partial charge in [-0.1, -0.05) is 30.3 Å². The predicted molar refractivity (Wildman–Crippen MR) is 87.4 cm³/mol. The van der Waals surface area contributed by atoms with Gasteiger partial charge >= 0.3 is 6.18 Å². The first-order chi connectivity index (χ1) is 12.3. The van der Waals surface area contributed by atoms with Crippen molar-refractivity contribution in [2.75, 3.05) is 12.1 Å². The Kier molecular flexibility index (Phi) is 4.62. The summed E-state index contributed by atoms with van der Waals surface area (Å²) in [6.45, 7) is 0.559. The van der Waals surface area contributed by atoms with Crippen LogP contribution in [0.3, 0.4) is 0 Å². The fourth-order valence-electron chi connectivity index (χ4n) is 2.57. The average Bonchev–Trinajstić information content (AvgIpc) is 2.61. The average molecular weight is 367 g/mol. The zero-order chi connectivity index (χ0) is 18.9. The number of aromatic nitrogens is 1. The summed E-state index contributed by atoms with van der Waals surface area (Å²) in [5, 5.41) is 0. The Hall–Kier alpha value is -2.97. The largest absolute Gasteiger partial charge is 0.482 e. The van der Waals surface area contributed by atoms with Crippen molar-refractivity contribution in [3.8, 4) is 5.75 Å². The lowest BCUT2D eigenvalue weighted by atomic mass is 10.2. The van der Waals surface area contributed by atoms with E-state index in [1.165, 1.54) is 16.9 Å². The van der Waals surface area contributed by atoms with Crippen LogP contribution >= 0.6 is 0 Å². The molecule has 1 atom stereocenters. The Balaban J connectivity index is 1.94. The third-order valence-electron chi connectivity index (χ3n) is 4.10.